The van der Waals surface area contributed by atoms with E-state index < -0.39 is 0 Å². The number of likely N-dealkylation sites (tertiary alicyclic amines) is 1. The normalized spacial score (nSPS) is 19.4. The lowest BCUT2D eigenvalue weighted by atomic mass is 9.94. The second-order valence-electron chi connectivity index (χ2n) is 7.36. The first-order valence-corrected chi connectivity index (χ1v) is 9.06. The van der Waals surface area contributed by atoms with Gasteiger partial charge in [0.25, 0.3) is 0 Å². The lowest BCUT2D eigenvalue weighted by molar-refractivity contribution is -0.133. The zero-order valence-electron chi connectivity index (χ0n) is 15.7. The lowest BCUT2D eigenvalue weighted by Gasteiger charge is -2.33. The molecule has 0 aliphatic carbocycles. The molecule has 2 aromatic rings. The summed E-state index contributed by atoms with van der Waals surface area (Å²) in [7, 11) is 0. The summed E-state index contributed by atoms with van der Waals surface area (Å²) in [6, 6.07) is 1.97. The Hall–Kier alpha value is -2.11. The fraction of sp³-hybridized carbons (Fsp3) is 0.632. The van der Waals surface area contributed by atoms with E-state index in [0.29, 0.717) is 12.4 Å². The lowest BCUT2D eigenvalue weighted by Crippen LogP contribution is -2.41. The van der Waals surface area contributed by atoms with Gasteiger partial charge in [-0.15, -0.1) is 0 Å². The van der Waals surface area contributed by atoms with E-state index >= 15 is 0 Å². The molecular weight excluding hydrogens is 318 g/mol. The van der Waals surface area contributed by atoms with E-state index in [1.807, 2.05) is 45.6 Å². The first-order valence-electron chi connectivity index (χ1n) is 9.06. The summed E-state index contributed by atoms with van der Waals surface area (Å²) in [5.41, 5.74) is 0.978. The predicted molar refractivity (Wildman–Crippen MR) is 93.5 cm³/mol. The molecule has 1 aliphatic rings. The molecule has 2 atom stereocenters. The number of hydrogen-bond donors (Lipinski definition) is 0. The minimum atomic E-state index is -0.201. The van der Waals surface area contributed by atoms with Gasteiger partial charge < -0.3 is 13.8 Å². The van der Waals surface area contributed by atoms with Gasteiger partial charge in [0.15, 0.2) is 5.82 Å². The molecule has 1 amide bonds. The van der Waals surface area contributed by atoms with E-state index in [-0.39, 0.29) is 23.7 Å². The average Bonchev–Trinajstić information content (AvgIpc) is 3.20. The van der Waals surface area contributed by atoms with Crippen LogP contribution in [-0.2, 0) is 4.79 Å². The Morgan fingerprint density at radius 1 is 1.32 bits per heavy atom. The van der Waals surface area contributed by atoms with Crippen LogP contribution >= 0.6 is 0 Å². The highest BCUT2D eigenvalue weighted by Crippen LogP contribution is 2.30. The second-order valence-corrected chi connectivity index (χ2v) is 7.36. The fourth-order valence-electron chi connectivity index (χ4n) is 3.52. The number of aromatic nitrogens is 2. The van der Waals surface area contributed by atoms with Crippen LogP contribution < -0.4 is 0 Å². The zero-order valence-corrected chi connectivity index (χ0v) is 15.7. The van der Waals surface area contributed by atoms with E-state index in [9.17, 15) is 4.79 Å². The van der Waals surface area contributed by atoms with Gasteiger partial charge >= 0.3 is 0 Å². The molecule has 1 saturated heterocycles. The number of rotatable bonds is 4. The molecule has 1 aliphatic heterocycles. The van der Waals surface area contributed by atoms with Gasteiger partial charge in [0.05, 0.1) is 5.92 Å². The number of piperidine rings is 1. The molecule has 2 aromatic heterocycles. The van der Waals surface area contributed by atoms with Crippen molar-refractivity contribution < 1.29 is 13.7 Å². The molecule has 6 nitrogen and oxygen atoms in total. The molecule has 136 valence electrons. The van der Waals surface area contributed by atoms with Crippen LogP contribution in [0.1, 0.15) is 80.2 Å². The molecule has 0 unspecified atom stereocenters. The van der Waals surface area contributed by atoms with Gasteiger partial charge in [-0.2, -0.15) is 4.98 Å². The van der Waals surface area contributed by atoms with Crippen LogP contribution in [0.4, 0.5) is 0 Å². The van der Waals surface area contributed by atoms with Crippen molar-refractivity contribution >= 4 is 5.91 Å². The van der Waals surface area contributed by atoms with Crippen molar-refractivity contribution in [3.63, 3.8) is 0 Å². The van der Waals surface area contributed by atoms with E-state index in [1.165, 1.54) is 0 Å². The SMILES string of the molecule is Cc1cc([C@@H](C)C(=O)N2CCC[C@@H](c3noc(C(C)C)n3)C2)c(C)o1. The van der Waals surface area contributed by atoms with Crippen molar-refractivity contribution in [2.24, 2.45) is 0 Å². The molecule has 0 radical (unpaired) electrons. The van der Waals surface area contributed by atoms with Crippen LogP contribution in [0.2, 0.25) is 0 Å². The number of carbonyl (C=O) groups is 1. The molecule has 3 rings (SSSR count). The summed E-state index contributed by atoms with van der Waals surface area (Å²) in [6.07, 6.45) is 1.94. The molecule has 0 aromatic carbocycles. The molecule has 3 heterocycles. The van der Waals surface area contributed by atoms with Crippen LogP contribution in [0.5, 0.6) is 0 Å². The molecule has 1 fully saturated rings. The summed E-state index contributed by atoms with van der Waals surface area (Å²) in [4.78, 5) is 19.4. The number of amides is 1. The van der Waals surface area contributed by atoms with Crippen LogP contribution in [0.25, 0.3) is 0 Å². The smallest absolute Gasteiger partial charge is 0.229 e. The number of aryl methyl sites for hydroxylation is 2. The molecule has 6 heteroatoms. The van der Waals surface area contributed by atoms with Gasteiger partial charge in [0.1, 0.15) is 11.5 Å². The third kappa shape index (κ3) is 3.62. The third-order valence-electron chi connectivity index (χ3n) is 4.97. The number of nitrogens with zero attached hydrogens (tertiary/aromatic N) is 3. The molecule has 0 spiro atoms. The molecule has 0 N–H and O–H groups in total. The van der Waals surface area contributed by atoms with Crippen molar-refractivity contribution in [1.29, 1.82) is 0 Å². The third-order valence-corrected chi connectivity index (χ3v) is 4.97. The second kappa shape index (κ2) is 7.02. The Morgan fingerprint density at radius 2 is 2.08 bits per heavy atom. The van der Waals surface area contributed by atoms with Crippen molar-refractivity contribution in [2.45, 2.75) is 65.2 Å². The van der Waals surface area contributed by atoms with E-state index in [1.54, 1.807) is 0 Å². The predicted octanol–water partition coefficient (Wildman–Crippen LogP) is 3.91. The first kappa shape index (κ1) is 17.7. The van der Waals surface area contributed by atoms with Gasteiger partial charge in [-0.25, -0.2) is 0 Å². The van der Waals surface area contributed by atoms with Gasteiger partial charge in [-0.05, 0) is 39.7 Å². The van der Waals surface area contributed by atoms with Crippen LogP contribution in [0.15, 0.2) is 15.0 Å². The fourth-order valence-corrected chi connectivity index (χ4v) is 3.52. The monoisotopic (exact) mass is 345 g/mol. The molecule has 0 saturated carbocycles. The topological polar surface area (TPSA) is 72.4 Å². The summed E-state index contributed by atoms with van der Waals surface area (Å²) < 4.78 is 10.9. The highest BCUT2D eigenvalue weighted by Gasteiger charge is 2.31. The summed E-state index contributed by atoms with van der Waals surface area (Å²) in [5, 5.41) is 4.14. The Kier molecular flexibility index (Phi) is 4.97. The highest BCUT2D eigenvalue weighted by atomic mass is 16.5. The first-order chi connectivity index (χ1) is 11.9. The molecule has 25 heavy (non-hydrogen) atoms. The van der Waals surface area contributed by atoms with Crippen molar-refractivity contribution in [1.82, 2.24) is 15.0 Å². The van der Waals surface area contributed by atoms with Gasteiger partial charge in [0, 0.05) is 30.5 Å². The van der Waals surface area contributed by atoms with Crippen LogP contribution in [0.3, 0.4) is 0 Å². The zero-order chi connectivity index (χ0) is 18.1. The van der Waals surface area contributed by atoms with E-state index in [2.05, 4.69) is 10.1 Å². The van der Waals surface area contributed by atoms with E-state index in [0.717, 1.165) is 42.3 Å². The van der Waals surface area contributed by atoms with Crippen LogP contribution in [-0.4, -0.2) is 34.0 Å². The maximum Gasteiger partial charge on any atom is 0.229 e. The van der Waals surface area contributed by atoms with Gasteiger partial charge in [-0.3, -0.25) is 4.79 Å². The largest absolute Gasteiger partial charge is 0.466 e. The summed E-state index contributed by atoms with van der Waals surface area (Å²) in [5.74, 6) is 3.36. The number of carbonyl (C=O) groups excluding carboxylic acids is 1. The van der Waals surface area contributed by atoms with Crippen LogP contribution in [0, 0.1) is 13.8 Å². The number of furan rings is 1. The van der Waals surface area contributed by atoms with E-state index in [4.69, 9.17) is 8.94 Å². The van der Waals surface area contributed by atoms with Crippen molar-refractivity contribution in [3.05, 3.63) is 34.9 Å². The Labute approximate surface area is 148 Å². The van der Waals surface area contributed by atoms with Crippen molar-refractivity contribution in [2.75, 3.05) is 13.1 Å². The number of hydrogen-bond acceptors (Lipinski definition) is 5. The van der Waals surface area contributed by atoms with Gasteiger partial charge in [-0.1, -0.05) is 19.0 Å². The maximum atomic E-state index is 13.0. The standard InChI is InChI=1S/C19H27N3O3/c1-11(2)18-20-17(21-25-18)15-7-6-8-22(10-15)19(23)13(4)16-9-12(3)24-14(16)5/h9,11,13,15H,6-8,10H2,1-5H3/t13-,15-/m1/s1. The molecule has 0 bridgehead atoms. The minimum absolute atomic E-state index is 0.140. The average molecular weight is 345 g/mol. The Balaban J connectivity index is 1.71. The summed E-state index contributed by atoms with van der Waals surface area (Å²) in [6.45, 7) is 11.3. The summed E-state index contributed by atoms with van der Waals surface area (Å²) >= 11 is 0. The molecular formula is C19H27N3O3. The highest BCUT2D eigenvalue weighted by molar-refractivity contribution is 5.83. The quantitative estimate of drug-likeness (QED) is 0.840. The van der Waals surface area contributed by atoms with Crippen molar-refractivity contribution in [3.8, 4) is 0 Å². The minimum Gasteiger partial charge on any atom is -0.466 e. The van der Waals surface area contributed by atoms with Gasteiger partial charge in [0.2, 0.25) is 11.8 Å². The Bertz CT molecular complexity index is 747. The Morgan fingerprint density at radius 3 is 2.68 bits per heavy atom. The maximum absolute atomic E-state index is 13.0.